The average molecular weight is 295 g/mol. The Bertz CT molecular complexity index is 359. The van der Waals surface area contributed by atoms with Crippen LogP contribution in [0.25, 0.3) is 0 Å². The fourth-order valence-corrected chi connectivity index (χ4v) is 3.38. The van der Waals surface area contributed by atoms with Crippen molar-refractivity contribution in [3.8, 4) is 0 Å². The van der Waals surface area contributed by atoms with Gasteiger partial charge in [0.1, 0.15) is 6.04 Å². The van der Waals surface area contributed by atoms with Gasteiger partial charge in [-0.2, -0.15) is 0 Å². The van der Waals surface area contributed by atoms with Crippen LogP contribution < -0.4 is 10.6 Å². The third-order valence-corrected chi connectivity index (χ3v) is 4.66. The van der Waals surface area contributed by atoms with E-state index in [1.807, 2.05) is 4.90 Å². The molecule has 2 heterocycles. The van der Waals surface area contributed by atoms with Crippen LogP contribution in [0.2, 0.25) is 0 Å². The van der Waals surface area contributed by atoms with Gasteiger partial charge in [-0.05, 0) is 44.4 Å². The van der Waals surface area contributed by atoms with Crippen LogP contribution in [0.3, 0.4) is 0 Å². The summed E-state index contributed by atoms with van der Waals surface area (Å²) < 4.78 is 0. The number of hydrogen-bond donors (Lipinski definition) is 2. The minimum absolute atomic E-state index is 0.0282. The molecule has 2 atom stereocenters. The number of rotatable bonds is 3. The molecule has 0 saturated carbocycles. The van der Waals surface area contributed by atoms with Gasteiger partial charge in [0, 0.05) is 19.6 Å². The molecule has 2 aliphatic rings. The van der Waals surface area contributed by atoms with E-state index < -0.39 is 0 Å². The lowest BCUT2D eigenvalue weighted by Crippen LogP contribution is -2.50. The van der Waals surface area contributed by atoms with Crippen LogP contribution in [0, 0.1) is 5.92 Å². The molecule has 5 nitrogen and oxygen atoms in total. The van der Waals surface area contributed by atoms with Crippen LogP contribution in [0.4, 0.5) is 4.79 Å². The Labute approximate surface area is 127 Å². The van der Waals surface area contributed by atoms with Gasteiger partial charge in [0.05, 0.1) is 0 Å². The largest absolute Gasteiger partial charge is 0.354 e. The number of nitrogens with zero attached hydrogens (tertiary/aromatic N) is 1. The number of amides is 3. The van der Waals surface area contributed by atoms with Crippen LogP contribution in [-0.2, 0) is 4.79 Å². The summed E-state index contributed by atoms with van der Waals surface area (Å²) in [5.41, 5.74) is 0. The van der Waals surface area contributed by atoms with E-state index in [0.717, 1.165) is 57.7 Å². The summed E-state index contributed by atoms with van der Waals surface area (Å²) in [6, 6.07) is -0.413. The molecule has 2 saturated heterocycles. The first-order valence-electron chi connectivity index (χ1n) is 8.54. The van der Waals surface area contributed by atoms with Crippen molar-refractivity contribution in [2.24, 2.45) is 5.92 Å². The van der Waals surface area contributed by atoms with E-state index in [9.17, 15) is 9.59 Å². The van der Waals surface area contributed by atoms with Gasteiger partial charge in [0.2, 0.25) is 5.91 Å². The zero-order valence-electron chi connectivity index (χ0n) is 13.2. The van der Waals surface area contributed by atoms with Crippen LogP contribution in [-0.4, -0.2) is 42.5 Å². The first-order chi connectivity index (χ1) is 10.2. The highest BCUT2D eigenvalue weighted by Gasteiger charge is 2.26. The van der Waals surface area contributed by atoms with E-state index in [1.54, 1.807) is 0 Å². The van der Waals surface area contributed by atoms with Gasteiger partial charge in [0.15, 0.2) is 0 Å². The Morgan fingerprint density at radius 2 is 2.10 bits per heavy atom. The van der Waals surface area contributed by atoms with Crippen molar-refractivity contribution in [2.75, 3.05) is 19.6 Å². The lowest BCUT2D eigenvalue weighted by Gasteiger charge is -2.24. The third-order valence-electron chi connectivity index (χ3n) is 4.66. The normalized spacial score (nSPS) is 27.5. The Balaban J connectivity index is 1.83. The van der Waals surface area contributed by atoms with Crippen LogP contribution in [0.1, 0.15) is 58.3 Å². The van der Waals surface area contributed by atoms with E-state index in [-0.39, 0.29) is 18.0 Å². The van der Waals surface area contributed by atoms with Gasteiger partial charge in [0.25, 0.3) is 0 Å². The van der Waals surface area contributed by atoms with E-state index >= 15 is 0 Å². The quantitative estimate of drug-likeness (QED) is 0.839. The summed E-state index contributed by atoms with van der Waals surface area (Å²) in [7, 11) is 0. The smallest absolute Gasteiger partial charge is 0.318 e. The zero-order valence-corrected chi connectivity index (χ0v) is 13.2. The zero-order chi connectivity index (χ0) is 15.1. The maximum atomic E-state index is 12.4. The van der Waals surface area contributed by atoms with Gasteiger partial charge in [-0.15, -0.1) is 0 Å². The molecule has 2 aliphatic heterocycles. The molecule has 2 rings (SSSR count). The topological polar surface area (TPSA) is 61.4 Å². The highest BCUT2D eigenvalue weighted by atomic mass is 16.2. The number of urea groups is 1. The predicted molar refractivity (Wildman–Crippen MR) is 83.0 cm³/mol. The number of carbonyl (C=O) groups is 2. The third kappa shape index (κ3) is 4.90. The van der Waals surface area contributed by atoms with Crippen LogP contribution in [0.5, 0.6) is 0 Å². The Morgan fingerprint density at radius 3 is 2.90 bits per heavy atom. The summed E-state index contributed by atoms with van der Waals surface area (Å²) in [6.45, 7) is 4.60. The number of hydrogen-bond acceptors (Lipinski definition) is 2. The van der Waals surface area contributed by atoms with Crippen molar-refractivity contribution in [3.05, 3.63) is 0 Å². The summed E-state index contributed by atoms with van der Waals surface area (Å²) in [6.07, 6.45) is 8.63. The van der Waals surface area contributed by atoms with Gasteiger partial charge in [-0.25, -0.2) is 4.79 Å². The molecule has 0 aromatic carbocycles. The fourth-order valence-electron chi connectivity index (χ4n) is 3.38. The van der Waals surface area contributed by atoms with Gasteiger partial charge >= 0.3 is 6.03 Å². The summed E-state index contributed by atoms with van der Waals surface area (Å²) in [5, 5.41) is 5.79. The van der Waals surface area contributed by atoms with E-state index in [1.165, 1.54) is 19.3 Å². The second kappa shape index (κ2) is 8.25. The molecule has 2 N–H and O–H groups in total. The molecule has 2 fully saturated rings. The summed E-state index contributed by atoms with van der Waals surface area (Å²) in [4.78, 5) is 26.2. The fraction of sp³-hybridized carbons (Fsp3) is 0.875. The van der Waals surface area contributed by atoms with Crippen molar-refractivity contribution in [3.63, 3.8) is 0 Å². The van der Waals surface area contributed by atoms with Crippen LogP contribution in [0.15, 0.2) is 0 Å². The summed E-state index contributed by atoms with van der Waals surface area (Å²) in [5.74, 6) is 0.730. The molecule has 0 spiro atoms. The maximum Gasteiger partial charge on any atom is 0.318 e. The second-order valence-corrected chi connectivity index (χ2v) is 6.36. The lowest BCUT2D eigenvalue weighted by atomic mass is 9.96. The van der Waals surface area contributed by atoms with Crippen molar-refractivity contribution in [1.82, 2.24) is 15.5 Å². The molecule has 120 valence electrons. The predicted octanol–water partition coefficient (Wildman–Crippen LogP) is 2.27. The minimum atomic E-state index is -0.352. The number of nitrogens with one attached hydrogen (secondary N) is 2. The maximum absolute atomic E-state index is 12.4. The van der Waals surface area contributed by atoms with Gasteiger partial charge in [-0.1, -0.05) is 19.8 Å². The van der Waals surface area contributed by atoms with Crippen molar-refractivity contribution < 1.29 is 9.59 Å². The molecule has 21 heavy (non-hydrogen) atoms. The molecular weight excluding hydrogens is 266 g/mol. The van der Waals surface area contributed by atoms with E-state index in [0.29, 0.717) is 0 Å². The first-order valence-corrected chi connectivity index (χ1v) is 8.54. The summed E-state index contributed by atoms with van der Waals surface area (Å²) >= 11 is 0. The Hall–Kier alpha value is -1.26. The monoisotopic (exact) mass is 295 g/mol. The molecule has 0 aromatic rings. The van der Waals surface area contributed by atoms with Crippen molar-refractivity contribution in [1.29, 1.82) is 0 Å². The molecule has 0 bridgehead atoms. The average Bonchev–Trinajstić information content (AvgIpc) is 2.81. The number of carbonyl (C=O) groups excluding carboxylic acids is 2. The Morgan fingerprint density at radius 1 is 1.24 bits per heavy atom. The Kier molecular flexibility index (Phi) is 6.33. The van der Waals surface area contributed by atoms with Crippen LogP contribution >= 0.6 is 0 Å². The van der Waals surface area contributed by atoms with Crippen molar-refractivity contribution in [2.45, 2.75) is 64.3 Å². The molecule has 0 unspecified atom stereocenters. The molecule has 0 aromatic heterocycles. The lowest BCUT2D eigenvalue weighted by molar-refractivity contribution is -0.122. The molecule has 0 aliphatic carbocycles. The minimum Gasteiger partial charge on any atom is -0.354 e. The standard InChI is InChI=1S/C16H29N3O2/c1-2-6-13-7-5-11-19(12-9-13)16(21)18-14-8-3-4-10-17-15(14)20/h13-14H,2-12H2,1H3,(H,17,20)(H,18,21)/t13-,14-/m1/s1. The van der Waals surface area contributed by atoms with Gasteiger partial charge < -0.3 is 15.5 Å². The van der Waals surface area contributed by atoms with E-state index in [4.69, 9.17) is 0 Å². The molecule has 0 radical (unpaired) electrons. The van der Waals surface area contributed by atoms with E-state index in [2.05, 4.69) is 17.6 Å². The van der Waals surface area contributed by atoms with Gasteiger partial charge in [-0.3, -0.25) is 4.79 Å². The van der Waals surface area contributed by atoms with Crippen molar-refractivity contribution >= 4 is 11.9 Å². The molecule has 5 heteroatoms. The second-order valence-electron chi connectivity index (χ2n) is 6.36. The first kappa shape index (κ1) is 16.1. The molecule has 3 amide bonds. The SMILES string of the molecule is CCC[C@@H]1CCCN(C(=O)N[C@@H]2CCCCNC2=O)CC1. The number of likely N-dealkylation sites (tertiary alicyclic amines) is 1. The molecular formula is C16H29N3O2. The highest BCUT2D eigenvalue weighted by Crippen LogP contribution is 2.22. The highest BCUT2D eigenvalue weighted by molar-refractivity contribution is 5.87.